The van der Waals surface area contributed by atoms with Crippen LogP contribution in [0.2, 0.25) is 10.0 Å². The van der Waals surface area contributed by atoms with Gasteiger partial charge in [0.05, 0.1) is 35.1 Å². The molecule has 0 spiro atoms. The predicted octanol–water partition coefficient (Wildman–Crippen LogP) is 5.13. The SMILES string of the molecule is COc1cc(C(=O)NCC(O)(c2cc3c(c(-c4cccc(F)c4Cl)n2)OC2C[C@@]32C(N)=O)C(F)(F)F)cc2cc(Cl)c(C)nc12. The minimum atomic E-state index is -5.41. The maximum absolute atomic E-state index is 14.7. The lowest BCUT2D eigenvalue weighted by molar-refractivity contribution is -0.265. The van der Waals surface area contributed by atoms with Crippen LogP contribution in [-0.2, 0) is 15.8 Å². The van der Waals surface area contributed by atoms with E-state index in [1.54, 1.807) is 6.92 Å². The fourth-order valence-electron chi connectivity index (χ4n) is 5.51. The molecular formula is C30H22Cl2F4N4O5. The Bertz CT molecular complexity index is 1940. The van der Waals surface area contributed by atoms with Crippen molar-refractivity contribution >= 4 is 45.9 Å². The summed E-state index contributed by atoms with van der Waals surface area (Å²) in [4.78, 5) is 34.1. The van der Waals surface area contributed by atoms with Gasteiger partial charge in [0, 0.05) is 28.5 Å². The van der Waals surface area contributed by atoms with Crippen molar-refractivity contribution in [2.75, 3.05) is 13.7 Å². The molecule has 3 atom stereocenters. The molecule has 2 amide bonds. The van der Waals surface area contributed by atoms with Crippen molar-refractivity contribution in [1.29, 1.82) is 0 Å². The molecule has 2 aliphatic rings. The van der Waals surface area contributed by atoms with Gasteiger partial charge in [-0.1, -0.05) is 35.3 Å². The summed E-state index contributed by atoms with van der Waals surface area (Å²) in [6.07, 6.45) is -6.12. The van der Waals surface area contributed by atoms with Gasteiger partial charge in [-0.25, -0.2) is 14.4 Å². The van der Waals surface area contributed by atoms with Crippen molar-refractivity contribution in [2.24, 2.45) is 5.73 Å². The number of benzene rings is 2. The largest absolute Gasteiger partial charge is 0.494 e. The van der Waals surface area contributed by atoms with Crippen LogP contribution in [0, 0.1) is 12.7 Å². The van der Waals surface area contributed by atoms with E-state index >= 15 is 0 Å². The van der Waals surface area contributed by atoms with Crippen LogP contribution in [0.3, 0.4) is 0 Å². The van der Waals surface area contributed by atoms with E-state index in [1.165, 1.54) is 37.4 Å². The van der Waals surface area contributed by atoms with Gasteiger partial charge in [-0.3, -0.25) is 9.59 Å². The average molecular weight is 665 g/mol. The minimum absolute atomic E-state index is 0.0618. The molecule has 2 unspecified atom stereocenters. The van der Waals surface area contributed by atoms with E-state index in [2.05, 4.69) is 15.3 Å². The summed E-state index contributed by atoms with van der Waals surface area (Å²) in [5.41, 5.74) is -0.436. The van der Waals surface area contributed by atoms with Gasteiger partial charge < -0.3 is 25.6 Å². The number of methoxy groups -OCH3 is 1. The fraction of sp³-hybridized carbons (Fsp3) is 0.267. The topological polar surface area (TPSA) is 137 Å². The second-order valence-electron chi connectivity index (χ2n) is 10.8. The summed E-state index contributed by atoms with van der Waals surface area (Å²) in [6.45, 7) is 0.264. The number of nitrogens with two attached hydrogens (primary N) is 1. The molecule has 1 saturated carbocycles. The third kappa shape index (κ3) is 4.72. The number of fused-ring (bicyclic) bond motifs is 4. The Morgan fingerprint density at radius 3 is 2.60 bits per heavy atom. The Morgan fingerprint density at radius 2 is 1.93 bits per heavy atom. The number of carbonyl (C=O) groups is 2. The first-order chi connectivity index (χ1) is 21.1. The smallest absolute Gasteiger partial charge is 0.424 e. The second kappa shape index (κ2) is 10.4. The van der Waals surface area contributed by atoms with Crippen LogP contribution in [0.4, 0.5) is 17.6 Å². The highest BCUT2D eigenvalue weighted by atomic mass is 35.5. The van der Waals surface area contributed by atoms with E-state index in [4.69, 9.17) is 38.4 Å². The van der Waals surface area contributed by atoms with E-state index in [-0.39, 0.29) is 40.3 Å². The van der Waals surface area contributed by atoms with Gasteiger partial charge in [0.1, 0.15) is 34.3 Å². The van der Waals surface area contributed by atoms with E-state index in [1.807, 2.05) is 0 Å². The number of nitrogens with zero attached hydrogens (tertiary/aromatic N) is 2. The van der Waals surface area contributed by atoms with Crippen LogP contribution in [0.15, 0.2) is 42.5 Å². The van der Waals surface area contributed by atoms with Gasteiger partial charge in [0.25, 0.3) is 5.91 Å². The molecule has 45 heavy (non-hydrogen) atoms. The summed E-state index contributed by atoms with van der Waals surface area (Å²) in [5.74, 6) is -2.70. The van der Waals surface area contributed by atoms with E-state index < -0.39 is 58.2 Å². The number of aryl methyl sites for hydroxylation is 1. The molecular weight excluding hydrogens is 643 g/mol. The minimum Gasteiger partial charge on any atom is -0.494 e. The number of aromatic nitrogens is 2. The summed E-state index contributed by atoms with van der Waals surface area (Å²) in [5, 5.41) is 13.6. The number of nitrogens with one attached hydrogen (secondary N) is 1. The van der Waals surface area contributed by atoms with Crippen molar-refractivity contribution < 1.29 is 41.7 Å². The monoisotopic (exact) mass is 664 g/mol. The van der Waals surface area contributed by atoms with Gasteiger partial charge >= 0.3 is 6.18 Å². The number of primary amides is 1. The Morgan fingerprint density at radius 1 is 1.20 bits per heavy atom. The molecule has 0 bridgehead atoms. The van der Waals surface area contributed by atoms with Gasteiger partial charge in [-0.15, -0.1) is 0 Å². The third-order valence-corrected chi connectivity index (χ3v) is 8.92. The van der Waals surface area contributed by atoms with Crippen LogP contribution in [0.25, 0.3) is 22.2 Å². The number of hydrogen-bond donors (Lipinski definition) is 3. The molecule has 4 N–H and O–H groups in total. The Hall–Kier alpha value is -4.20. The highest BCUT2D eigenvalue weighted by molar-refractivity contribution is 6.33. The number of aliphatic hydroxyl groups is 1. The first-order valence-corrected chi connectivity index (χ1v) is 14.1. The average Bonchev–Trinajstić information content (AvgIpc) is 3.63. The molecule has 15 heteroatoms. The number of amides is 2. The molecule has 1 aliphatic carbocycles. The zero-order chi connectivity index (χ0) is 32.6. The second-order valence-corrected chi connectivity index (χ2v) is 11.6. The number of rotatable bonds is 7. The quantitative estimate of drug-likeness (QED) is 0.233. The number of ether oxygens (including phenoxy) is 2. The molecule has 9 nitrogen and oxygen atoms in total. The molecule has 1 aliphatic heterocycles. The van der Waals surface area contributed by atoms with Crippen molar-refractivity contribution in [1.82, 2.24) is 15.3 Å². The molecule has 6 rings (SSSR count). The Kier molecular flexibility index (Phi) is 7.14. The van der Waals surface area contributed by atoms with Crippen molar-refractivity contribution in [2.45, 2.75) is 36.6 Å². The molecule has 2 aromatic carbocycles. The maximum Gasteiger partial charge on any atom is 0.424 e. The summed E-state index contributed by atoms with van der Waals surface area (Å²) < 4.78 is 69.8. The van der Waals surface area contributed by atoms with E-state index in [0.29, 0.717) is 21.6 Å². The van der Waals surface area contributed by atoms with Crippen LogP contribution in [0.1, 0.15) is 33.7 Å². The number of pyridine rings is 2. The fourth-order valence-corrected chi connectivity index (χ4v) is 5.89. The summed E-state index contributed by atoms with van der Waals surface area (Å²) in [7, 11) is 1.33. The third-order valence-electron chi connectivity index (χ3n) is 8.15. The van der Waals surface area contributed by atoms with Crippen molar-refractivity contribution in [3.63, 3.8) is 0 Å². The molecule has 2 aromatic heterocycles. The van der Waals surface area contributed by atoms with Crippen LogP contribution in [-0.4, -0.2) is 52.8 Å². The number of carbonyl (C=O) groups excluding carboxylic acids is 2. The summed E-state index contributed by atoms with van der Waals surface area (Å²) >= 11 is 12.3. The van der Waals surface area contributed by atoms with Gasteiger partial charge in [-0.2, -0.15) is 13.2 Å². The van der Waals surface area contributed by atoms with E-state index in [9.17, 15) is 32.3 Å². The summed E-state index contributed by atoms with van der Waals surface area (Å²) in [6, 6.07) is 8.63. The highest BCUT2D eigenvalue weighted by Crippen LogP contribution is 2.61. The van der Waals surface area contributed by atoms with Crippen LogP contribution < -0.4 is 20.5 Å². The first-order valence-electron chi connectivity index (χ1n) is 13.3. The highest BCUT2D eigenvalue weighted by Gasteiger charge is 2.69. The van der Waals surface area contributed by atoms with Crippen LogP contribution in [0.5, 0.6) is 11.5 Å². The molecule has 4 aromatic rings. The van der Waals surface area contributed by atoms with Gasteiger partial charge in [0.15, 0.2) is 5.75 Å². The number of alkyl halides is 3. The van der Waals surface area contributed by atoms with Gasteiger partial charge in [0.2, 0.25) is 11.5 Å². The molecule has 234 valence electrons. The Balaban J connectivity index is 1.44. The molecule has 3 heterocycles. The maximum atomic E-state index is 14.7. The normalized spacial score (nSPS) is 19.7. The first kappa shape index (κ1) is 30.8. The van der Waals surface area contributed by atoms with Crippen molar-refractivity contribution in [3.05, 3.63) is 80.8 Å². The molecule has 1 fully saturated rings. The molecule has 0 saturated heterocycles. The predicted molar refractivity (Wildman–Crippen MR) is 155 cm³/mol. The molecule has 0 radical (unpaired) electrons. The number of hydrogen-bond acceptors (Lipinski definition) is 7. The lowest BCUT2D eigenvalue weighted by Crippen LogP contribution is -2.51. The van der Waals surface area contributed by atoms with Crippen molar-refractivity contribution in [3.8, 4) is 22.8 Å². The lowest BCUT2D eigenvalue weighted by atomic mass is 9.89. The Labute approximate surface area is 262 Å². The number of halogens is 6. The lowest BCUT2D eigenvalue weighted by Gasteiger charge is -2.31. The van der Waals surface area contributed by atoms with Gasteiger partial charge in [-0.05, 0) is 37.3 Å². The van der Waals surface area contributed by atoms with Crippen LogP contribution >= 0.6 is 23.2 Å². The zero-order valence-corrected chi connectivity index (χ0v) is 24.9. The standard InChI is InChI=1S/C30H22Cl2F4N4O5/c1-12-17(31)7-13-6-14(8-19(44-2)23(13)39-12)26(41)38-11-29(43,30(34,35)36)20-9-16-25(45-21-10-28(16,21)27(37)42)24(40-20)15-4-3-5-18(33)22(15)32/h3-9,21,43H,10-11H2,1-2H3,(H2,37,42)(H,38,41)/t21?,28-,29?/m1/s1. The zero-order valence-electron chi connectivity index (χ0n) is 23.4. The van der Waals surface area contributed by atoms with E-state index in [0.717, 1.165) is 12.1 Å².